The van der Waals surface area contributed by atoms with Gasteiger partial charge >= 0.3 is 0 Å². The van der Waals surface area contributed by atoms with E-state index in [0.29, 0.717) is 11.5 Å². The fraction of sp³-hybridized carbons (Fsp3) is 0.500. The summed E-state index contributed by atoms with van der Waals surface area (Å²) in [5.41, 5.74) is 6.35. The number of anilines is 2. The summed E-state index contributed by atoms with van der Waals surface area (Å²) in [5.74, 6) is 0.858. The number of aliphatic hydroxyl groups is 1. The second-order valence-electron chi connectivity index (χ2n) is 3.53. The molecule has 4 N–H and O–H groups in total. The molecule has 14 heavy (non-hydrogen) atoms. The minimum Gasteiger partial charge on any atom is -0.396 e. The lowest BCUT2D eigenvalue weighted by molar-refractivity contribution is 0.226. The van der Waals surface area contributed by atoms with E-state index in [0.717, 1.165) is 0 Å². The zero-order chi connectivity index (χ0) is 10.6. The van der Waals surface area contributed by atoms with Gasteiger partial charge in [-0.25, -0.2) is 4.98 Å². The van der Waals surface area contributed by atoms with Gasteiger partial charge in [0.1, 0.15) is 5.82 Å². The molecule has 4 nitrogen and oxygen atoms in total. The summed E-state index contributed by atoms with van der Waals surface area (Å²) < 4.78 is 0. The number of nitrogens with one attached hydrogen (secondary N) is 1. The monoisotopic (exact) mass is 195 g/mol. The van der Waals surface area contributed by atoms with Crippen LogP contribution in [-0.2, 0) is 0 Å². The molecule has 0 spiro atoms. The average Bonchev–Trinajstić information content (AvgIpc) is 2.20. The molecule has 0 saturated heterocycles. The molecule has 0 aliphatic heterocycles. The van der Waals surface area contributed by atoms with Crippen LogP contribution in [0.5, 0.6) is 0 Å². The molecule has 0 aliphatic rings. The third-order valence-corrected chi connectivity index (χ3v) is 2.34. The Bertz CT molecular complexity index is 290. The lowest BCUT2D eigenvalue weighted by atomic mass is 10.1. The molecule has 0 aromatic carbocycles. The summed E-state index contributed by atoms with van der Waals surface area (Å²) in [6.45, 7) is 4.12. The summed E-state index contributed by atoms with van der Waals surface area (Å²) in [7, 11) is 0. The molecule has 2 atom stereocenters. The molecule has 0 bridgehead atoms. The Morgan fingerprint density at radius 1 is 1.57 bits per heavy atom. The van der Waals surface area contributed by atoms with E-state index in [-0.39, 0.29) is 18.6 Å². The topological polar surface area (TPSA) is 71.2 Å². The van der Waals surface area contributed by atoms with E-state index in [1.165, 1.54) is 0 Å². The van der Waals surface area contributed by atoms with Crippen LogP contribution in [-0.4, -0.2) is 22.7 Å². The van der Waals surface area contributed by atoms with E-state index in [9.17, 15) is 0 Å². The van der Waals surface area contributed by atoms with Crippen molar-refractivity contribution in [2.75, 3.05) is 17.7 Å². The molecule has 2 unspecified atom stereocenters. The predicted molar refractivity (Wildman–Crippen MR) is 58.0 cm³/mol. The highest BCUT2D eigenvalue weighted by atomic mass is 16.3. The van der Waals surface area contributed by atoms with Crippen molar-refractivity contribution in [2.45, 2.75) is 19.9 Å². The van der Waals surface area contributed by atoms with Crippen LogP contribution >= 0.6 is 0 Å². The van der Waals surface area contributed by atoms with Gasteiger partial charge in [0, 0.05) is 18.8 Å². The van der Waals surface area contributed by atoms with E-state index < -0.39 is 0 Å². The molecule has 0 aliphatic carbocycles. The molecular formula is C10H17N3O. The van der Waals surface area contributed by atoms with Crippen LogP contribution in [0.2, 0.25) is 0 Å². The van der Waals surface area contributed by atoms with Crippen molar-refractivity contribution in [1.82, 2.24) is 4.98 Å². The molecule has 0 fully saturated rings. The van der Waals surface area contributed by atoms with Crippen molar-refractivity contribution < 1.29 is 5.11 Å². The molecular weight excluding hydrogens is 178 g/mol. The average molecular weight is 195 g/mol. The lowest BCUT2D eigenvalue weighted by Crippen LogP contribution is -2.27. The van der Waals surface area contributed by atoms with Crippen LogP contribution in [0, 0.1) is 5.92 Å². The molecule has 4 heteroatoms. The minimum atomic E-state index is 0.150. The van der Waals surface area contributed by atoms with Gasteiger partial charge in [-0.05, 0) is 25.0 Å². The molecule has 78 valence electrons. The summed E-state index contributed by atoms with van der Waals surface area (Å²) in [6, 6.07) is 3.74. The first-order valence-corrected chi connectivity index (χ1v) is 4.73. The van der Waals surface area contributed by atoms with Crippen LogP contribution in [0.3, 0.4) is 0 Å². The van der Waals surface area contributed by atoms with E-state index in [1.807, 2.05) is 13.8 Å². The summed E-state index contributed by atoms with van der Waals surface area (Å²) in [4.78, 5) is 4.12. The van der Waals surface area contributed by atoms with Gasteiger partial charge in [-0.3, -0.25) is 0 Å². The number of hydrogen-bond donors (Lipinski definition) is 3. The number of pyridine rings is 1. The van der Waals surface area contributed by atoms with Crippen molar-refractivity contribution in [3.8, 4) is 0 Å². The molecule has 0 saturated carbocycles. The van der Waals surface area contributed by atoms with Gasteiger partial charge in [0.2, 0.25) is 0 Å². The van der Waals surface area contributed by atoms with Gasteiger partial charge in [0.05, 0.1) is 5.69 Å². The number of nitrogens with two attached hydrogens (primary N) is 1. The zero-order valence-corrected chi connectivity index (χ0v) is 8.57. The van der Waals surface area contributed by atoms with Gasteiger partial charge in [-0.1, -0.05) is 6.92 Å². The number of aromatic nitrogens is 1. The number of rotatable bonds is 4. The standard InChI is InChI=1S/C10H17N3O/c1-7(6-14)8(2)13-10-9(11)4-3-5-12-10/h3-5,7-8,14H,6,11H2,1-2H3,(H,12,13). The highest BCUT2D eigenvalue weighted by Crippen LogP contribution is 2.16. The maximum atomic E-state index is 8.96. The third-order valence-electron chi connectivity index (χ3n) is 2.34. The summed E-state index contributed by atoms with van der Waals surface area (Å²) in [6.07, 6.45) is 1.69. The van der Waals surface area contributed by atoms with Gasteiger partial charge in [-0.2, -0.15) is 0 Å². The first-order chi connectivity index (χ1) is 6.65. The van der Waals surface area contributed by atoms with Gasteiger partial charge in [0.25, 0.3) is 0 Å². The highest BCUT2D eigenvalue weighted by Gasteiger charge is 2.12. The van der Waals surface area contributed by atoms with Gasteiger partial charge < -0.3 is 16.2 Å². The van der Waals surface area contributed by atoms with E-state index >= 15 is 0 Å². The number of hydrogen-bond acceptors (Lipinski definition) is 4. The third kappa shape index (κ3) is 2.60. The Labute approximate surface area is 84.2 Å². The SMILES string of the molecule is CC(CO)C(C)Nc1ncccc1N. The Balaban J connectivity index is 2.64. The quantitative estimate of drug-likeness (QED) is 0.672. The number of nitrogen functional groups attached to an aromatic ring is 1. The molecule has 1 rings (SSSR count). The Morgan fingerprint density at radius 3 is 2.86 bits per heavy atom. The Hall–Kier alpha value is -1.29. The van der Waals surface area contributed by atoms with Crippen LogP contribution in [0.15, 0.2) is 18.3 Å². The van der Waals surface area contributed by atoms with Crippen molar-refractivity contribution in [1.29, 1.82) is 0 Å². The lowest BCUT2D eigenvalue weighted by Gasteiger charge is -2.20. The van der Waals surface area contributed by atoms with Crippen LogP contribution < -0.4 is 11.1 Å². The van der Waals surface area contributed by atoms with Crippen molar-refractivity contribution >= 4 is 11.5 Å². The summed E-state index contributed by atoms with van der Waals surface area (Å²) in [5, 5.41) is 12.1. The van der Waals surface area contributed by atoms with Crippen LogP contribution in [0.4, 0.5) is 11.5 Å². The maximum absolute atomic E-state index is 8.96. The minimum absolute atomic E-state index is 0.150. The summed E-state index contributed by atoms with van der Waals surface area (Å²) >= 11 is 0. The van der Waals surface area contributed by atoms with Crippen LogP contribution in [0.1, 0.15) is 13.8 Å². The zero-order valence-electron chi connectivity index (χ0n) is 8.57. The molecule has 1 heterocycles. The van der Waals surface area contributed by atoms with E-state index in [2.05, 4.69) is 10.3 Å². The highest BCUT2D eigenvalue weighted by molar-refractivity contribution is 5.60. The molecule has 1 aromatic rings. The number of nitrogens with zero attached hydrogens (tertiary/aromatic N) is 1. The van der Waals surface area contributed by atoms with E-state index in [4.69, 9.17) is 10.8 Å². The predicted octanol–water partition coefficient (Wildman–Crippen LogP) is 1.09. The molecule has 0 amide bonds. The van der Waals surface area contributed by atoms with Gasteiger partial charge in [0.15, 0.2) is 0 Å². The van der Waals surface area contributed by atoms with Crippen LogP contribution in [0.25, 0.3) is 0 Å². The normalized spacial score (nSPS) is 14.8. The van der Waals surface area contributed by atoms with Crippen molar-refractivity contribution in [2.24, 2.45) is 5.92 Å². The first kappa shape index (κ1) is 10.8. The second-order valence-corrected chi connectivity index (χ2v) is 3.53. The van der Waals surface area contributed by atoms with Gasteiger partial charge in [-0.15, -0.1) is 0 Å². The number of aliphatic hydroxyl groups excluding tert-OH is 1. The fourth-order valence-corrected chi connectivity index (χ4v) is 1.05. The Morgan fingerprint density at radius 2 is 2.29 bits per heavy atom. The smallest absolute Gasteiger partial charge is 0.149 e. The molecule has 0 radical (unpaired) electrons. The largest absolute Gasteiger partial charge is 0.396 e. The van der Waals surface area contributed by atoms with Crippen molar-refractivity contribution in [3.05, 3.63) is 18.3 Å². The molecule has 1 aromatic heterocycles. The van der Waals surface area contributed by atoms with Crippen molar-refractivity contribution in [3.63, 3.8) is 0 Å². The Kier molecular flexibility index (Phi) is 3.71. The van der Waals surface area contributed by atoms with E-state index in [1.54, 1.807) is 18.3 Å². The maximum Gasteiger partial charge on any atom is 0.149 e. The second kappa shape index (κ2) is 4.81. The fourth-order valence-electron chi connectivity index (χ4n) is 1.05. The first-order valence-electron chi connectivity index (χ1n) is 4.73.